The number of rotatable bonds is 3. The zero-order valence-corrected chi connectivity index (χ0v) is 14.6. The van der Waals surface area contributed by atoms with Crippen LogP contribution in [0, 0.1) is 11.7 Å². The van der Waals surface area contributed by atoms with E-state index in [-0.39, 0.29) is 17.6 Å². The molecule has 1 aliphatic heterocycles. The molecule has 136 valence electrons. The highest BCUT2D eigenvalue weighted by Gasteiger charge is 2.36. The van der Waals surface area contributed by atoms with Crippen molar-refractivity contribution in [3.63, 3.8) is 0 Å². The number of hydrogen-bond acceptors (Lipinski definition) is 4. The number of benzene rings is 1. The molecule has 5 rings (SSSR count). The molecule has 2 aliphatic rings. The molecule has 1 aromatic carbocycles. The van der Waals surface area contributed by atoms with Gasteiger partial charge in [0.05, 0.1) is 18.7 Å². The SMILES string of the molecule is O=C(C1CC1)N1CCn2nc(-c3ccc(F)cc3)c(-c3ccncc3)c2N1. The lowest BCUT2D eigenvalue weighted by molar-refractivity contribution is -0.131. The van der Waals surface area contributed by atoms with Crippen LogP contribution < -0.4 is 5.43 Å². The van der Waals surface area contributed by atoms with Gasteiger partial charge >= 0.3 is 0 Å². The average molecular weight is 363 g/mol. The van der Waals surface area contributed by atoms with Crippen molar-refractivity contribution in [3.8, 4) is 22.4 Å². The van der Waals surface area contributed by atoms with Crippen molar-refractivity contribution >= 4 is 11.7 Å². The normalized spacial score (nSPS) is 16.0. The number of fused-ring (bicyclic) bond motifs is 1. The number of carbonyl (C=O) groups is 1. The molecular formula is C20H18FN5O. The number of nitrogens with zero attached hydrogens (tertiary/aromatic N) is 4. The zero-order valence-electron chi connectivity index (χ0n) is 14.6. The summed E-state index contributed by atoms with van der Waals surface area (Å²) < 4.78 is 15.3. The van der Waals surface area contributed by atoms with E-state index in [1.165, 1.54) is 12.1 Å². The fourth-order valence-electron chi connectivity index (χ4n) is 3.43. The standard InChI is InChI=1S/C20H18FN5O/c21-16-5-3-14(4-6-16)18-17(13-7-9-22-10-8-13)19-24-26(12-11-25(19)23-18)20(27)15-1-2-15/h3-10,15,24H,1-2,11-12H2. The first-order valence-electron chi connectivity index (χ1n) is 9.06. The number of halogens is 1. The highest BCUT2D eigenvalue weighted by Crippen LogP contribution is 2.40. The summed E-state index contributed by atoms with van der Waals surface area (Å²) in [5, 5.41) is 6.46. The van der Waals surface area contributed by atoms with Gasteiger partial charge in [0.15, 0.2) is 5.82 Å². The highest BCUT2D eigenvalue weighted by atomic mass is 19.1. The first-order valence-corrected chi connectivity index (χ1v) is 9.06. The van der Waals surface area contributed by atoms with Gasteiger partial charge in [0.1, 0.15) is 11.5 Å². The summed E-state index contributed by atoms with van der Waals surface area (Å²) in [6, 6.07) is 10.1. The van der Waals surface area contributed by atoms with Gasteiger partial charge in [-0.1, -0.05) is 0 Å². The maximum absolute atomic E-state index is 13.4. The van der Waals surface area contributed by atoms with Gasteiger partial charge in [-0.15, -0.1) is 0 Å². The molecule has 0 radical (unpaired) electrons. The molecule has 1 fully saturated rings. The largest absolute Gasteiger partial charge is 0.279 e. The molecule has 0 saturated heterocycles. The lowest BCUT2D eigenvalue weighted by atomic mass is 10.0. The summed E-state index contributed by atoms with van der Waals surface area (Å²) >= 11 is 0. The fourth-order valence-corrected chi connectivity index (χ4v) is 3.43. The Balaban J connectivity index is 1.62. The van der Waals surface area contributed by atoms with Crippen LogP contribution in [0.15, 0.2) is 48.8 Å². The molecule has 7 heteroatoms. The Kier molecular flexibility index (Phi) is 3.67. The number of hydrazine groups is 1. The molecule has 1 N–H and O–H groups in total. The van der Waals surface area contributed by atoms with Crippen LogP contribution in [0.1, 0.15) is 12.8 Å². The zero-order chi connectivity index (χ0) is 18.4. The van der Waals surface area contributed by atoms with Crippen LogP contribution in [0.3, 0.4) is 0 Å². The lowest BCUT2D eigenvalue weighted by Gasteiger charge is -2.30. The smallest absolute Gasteiger partial charge is 0.244 e. The third-order valence-corrected chi connectivity index (χ3v) is 5.01. The van der Waals surface area contributed by atoms with Crippen LogP contribution in [0.25, 0.3) is 22.4 Å². The van der Waals surface area contributed by atoms with Gasteiger partial charge in [-0.2, -0.15) is 5.10 Å². The Labute approximate surface area is 155 Å². The minimum absolute atomic E-state index is 0.145. The molecule has 3 aromatic rings. The van der Waals surface area contributed by atoms with E-state index in [2.05, 4.69) is 10.4 Å². The summed E-state index contributed by atoms with van der Waals surface area (Å²) in [4.78, 5) is 16.6. The van der Waals surface area contributed by atoms with Crippen LogP contribution >= 0.6 is 0 Å². The maximum atomic E-state index is 13.4. The van der Waals surface area contributed by atoms with Gasteiger partial charge < -0.3 is 0 Å². The number of carbonyl (C=O) groups excluding carboxylic acids is 1. The average Bonchev–Trinajstić information content (AvgIpc) is 3.48. The second-order valence-corrected chi connectivity index (χ2v) is 6.91. The van der Waals surface area contributed by atoms with Crippen LogP contribution in [0.2, 0.25) is 0 Å². The second-order valence-electron chi connectivity index (χ2n) is 6.91. The number of hydrogen-bond donors (Lipinski definition) is 1. The summed E-state index contributed by atoms with van der Waals surface area (Å²) in [7, 11) is 0. The van der Waals surface area contributed by atoms with Crippen molar-refractivity contribution in [2.24, 2.45) is 5.92 Å². The van der Waals surface area contributed by atoms with E-state index in [9.17, 15) is 9.18 Å². The monoisotopic (exact) mass is 363 g/mol. The minimum Gasteiger partial charge on any atom is -0.279 e. The minimum atomic E-state index is -0.285. The Morgan fingerprint density at radius 1 is 1.04 bits per heavy atom. The Morgan fingerprint density at radius 2 is 1.78 bits per heavy atom. The number of anilines is 1. The van der Waals surface area contributed by atoms with Gasteiger partial charge in [-0.3, -0.25) is 20.2 Å². The molecule has 0 bridgehead atoms. The van der Waals surface area contributed by atoms with Crippen molar-refractivity contribution in [1.82, 2.24) is 19.8 Å². The lowest BCUT2D eigenvalue weighted by Crippen LogP contribution is -2.43. The van der Waals surface area contributed by atoms with E-state index in [0.29, 0.717) is 13.1 Å². The predicted octanol–water partition coefficient (Wildman–Crippen LogP) is 3.33. The molecule has 2 aromatic heterocycles. The van der Waals surface area contributed by atoms with Crippen molar-refractivity contribution in [2.75, 3.05) is 12.0 Å². The van der Waals surface area contributed by atoms with E-state index in [0.717, 1.165) is 41.0 Å². The Hall–Kier alpha value is -3.22. The van der Waals surface area contributed by atoms with Crippen LogP contribution in [0.4, 0.5) is 10.2 Å². The third kappa shape index (κ3) is 2.85. The Bertz CT molecular complexity index is 995. The van der Waals surface area contributed by atoms with E-state index in [4.69, 9.17) is 5.10 Å². The second kappa shape index (κ2) is 6.19. The van der Waals surface area contributed by atoms with Gasteiger partial charge in [0.2, 0.25) is 5.91 Å². The van der Waals surface area contributed by atoms with Crippen molar-refractivity contribution in [1.29, 1.82) is 0 Å². The molecule has 1 amide bonds. The molecule has 1 saturated carbocycles. The van der Waals surface area contributed by atoms with Crippen molar-refractivity contribution < 1.29 is 9.18 Å². The van der Waals surface area contributed by atoms with Gasteiger partial charge in [-0.25, -0.2) is 9.07 Å². The van der Waals surface area contributed by atoms with Crippen LogP contribution in [-0.4, -0.2) is 32.2 Å². The van der Waals surface area contributed by atoms with Crippen molar-refractivity contribution in [3.05, 3.63) is 54.6 Å². The molecular weight excluding hydrogens is 345 g/mol. The molecule has 0 unspecified atom stereocenters. The van der Waals surface area contributed by atoms with Gasteiger partial charge in [-0.05, 0) is 54.8 Å². The van der Waals surface area contributed by atoms with Gasteiger partial charge in [0.25, 0.3) is 0 Å². The molecule has 1 aliphatic carbocycles. The van der Waals surface area contributed by atoms with E-state index >= 15 is 0 Å². The Morgan fingerprint density at radius 3 is 2.48 bits per heavy atom. The maximum Gasteiger partial charge on any atom is 0.244 e. The quantitative estimate of drug-likeness (QED) is 0.775. The van der Waals surface area contributed by atoms with Crippen molar-refractivity contribution in [2.45, 2.75) is 19.4 Å². The van der Waals surface area contributed by atoms with E-state index in [1.54, 1.807) is 29.5 Å². The number of aromatic nitrogens is 3. The number of amides is 1. The summed E-state index contributed by atoms with van der Waals surface area (Å²) in [5.74, 6) is 0.785. The van der Waals surface area contributed by atoms with E-state index < -0.39 is 0 Å². The van der Waals surface area contributed by atoms with Crippen LogP contribution in [-0.2, 0) is 11.3 Å². The molecule has 3 heterocycles. The first kappa shape index (κ1) is 16.0. The molecule has 0 spiro atoms. The van der Waals surface area contributed by atoms with Gasteiger partial charge in [0, 0.05) is 23.9 Å². The topological polar surface area (TPSA) is 63.1 Å². The molecule has 0 atom stereocenters. The molecule has 6 nitrogen and oxygen atoms in total. The van der Waals surface area contributed by atoms with Crippen LogP contribution in [0.5, 0.6) is 0 Å². The predicted molar refractivity (Wildman–Crippen MR) is 98.9 cm³/mol. The number of pyridine rings is 1. The fraction of sp³-hybridized carbons (Fsp3) is 0.250. The first-order chi connectivity index (χ1) is 13.2. The summed E-state index contributed by atoms with van der Waals surface area (Å²) in [6.45, 7) is 1.18. The molecule has 27 heavy (non-hydrogen) atoms. The highest BCUT2D eigenvalue weighted by molar-refractivity contribution is 5.90. The van der Waals surface area contributed by atoms with E-state index in [1.807, 2.05) is 16.8 Å². The summed E-state index contributed by atoms with van der Waals surface area (Å²) in [5.41, 5.74) is 6.69. The number of nitrogens with one attached hydrogen (secondary N) is 1. The third-order valence-electron chi connectivity index (χ3n) is 5.01. The summed E-state index contributed by atoms with van der Waals surface area (Å²) in [6.07, 6.45) is 5.39.